The van der Waals surface area contributed by atoms with Gasteiger partial charge in [0.25, 0.3) is 0 Å². The number of azo groups is 2. The van der Waals surface area contributed by atoms with Crippen LogP contribution in [0.15, 0.2) is 93.3 Å². The van der Waals surface area contributed by atoms with Gasteiger partial charge in [-0.2, -0.15) is 20.5 Å². The summed E-state index contributed by atoms with van der Waals surface area (Å²) in [5.74, 6) is -0.348. The third-order valence-electron chi connectivity index (χ3n) is 4.16. The number of carbonyl (C=O) groups excluding carboxylic acids is 1. The van der Waals surface area contributed by atoms with Crippen LogP contribution in [0, 0.1) is 0 Å². The normalized spacial score (nSPS) is 11.2. The van der Waals surface area contributed by atoms with Gasteiger partial charge in [-0.15, -0.1) is 0 Å². The van der Waals surface area contributed by atoms with Crippen molar-refractivity contribution in [1.29, 1.82) is 0 Å². The highest BCUT2D eigenvalue weighted by molar-refractivity contribution is 5.89. The summed E-state index contributed by atoms with van der Waals surface area (Å²) in [5, 5.41) is 16.9. The van der Waals surface area contributed by atoms with Gasteiger partial charge in [-0.3, -0.25) is 0 Å². The average molecular weight is 401 g/mol. The standard InChI is InChI=1S/C23H23N5O2/c1-4-30-23(29)17-5-7-18(8-6-17)24-25-19-9-11-20(12-10-19)26-27-21-13-15-22(16-14-21)28(2)3/h5-16H,4H2,1-3H3. The molecule has 0 aliphatic rings. The largest absolute Gasteiger partial charge is 0.462 e. The van der Waals surface area contributed by atoms with Crippen molar-refractivity contribution in [2.75, 3.05) is 25.6 Å². The van der Waals surface area contributed by atoms with Crippen molar-refractivity contribution in [3.8, 4) is 0 Å². The maximum Gasteiger partial charge on any atom is 0.338 e. The fraction of sp³-hybridized carbons (Fsp3) is 0.174. The van der Waals surface area contributed by atoms with Crippen LogP contribution in [0.3, 0.4) is 0 Å². The molecule has 152 valence electrons. The van der Waals surface area contributed by atoms with Gasteiger partial charge in [0.05, 0.1) is 34.9 Å². The van der Waals surface area contributed by atoms with E-state index in [-0.39, 0.29) is 5.97 Å². The summed E-state index contributed by atoms with van der Waals surface area (Å²) in [6.07, 6.45) is 0. The number of hydrogen-bond acceptors (Lipinski definition) is 7. The van der Waals surface area contributed by atoms with Gasteiger partial charge in [0.2, 0.25) is 0 Å². The second kappa shape index (κ2) is 10.1. The smallest absolute Gasteiger partial charge is 0.338 e. The van der Waals surface area contributed by atoms with E-state index in [4.69, 9.17) is 4.74 Å². The molecule has 0 fully saturated rings. The minimum absolute atomic E-state index is 0.346. The Morgan fingerprint density at radius 3 is 1.43 bits per heavy atom. The lowest BCUT2D eigenvalue weighted by Crippen LogP contribution is -2.07. The molecule has 3 rings (SSSR count). The molecule has 0 heterocycles. The predicted octanol–water partition coefficient (Wildman–Crippen LogP) is 6.76. The Labute approximate surface area is 175 Å². The van der Waals surface area contributed by atoms with E-state index in [1.54, 1.807) is 31.2 Å². The third kappa shape index (κ3) is 5.81. The van der Waals surface area contributed by atoms with Gasteiger partial charge in [-0.1, -0.05) is 0 Å². The zero-order valence-corrected chi connectivity index (χ0v) is 17.2. The SMILES string of the molecule is CCOC(=O)c1ccc(N=Nc2ccc(N=Nc3ccc(N(C)C)cc3)cc2)cc1. The fourth-order valence-electron chi connectivity index (χ4n) is 2.51. The number of ether oxygens (including phenoxy) is 1. The highest BCUT2D eigenvalue weighted by Gasteiger charge is 2.05. The molecular formula is C23H23N5O2. The third-order valence-corrected chi connectivity index (χ3v) is 4.16. The first-order chi connectivity index (χ1) is 14.5. The summed E-state index contributed by atoms with van der Waals surface area (Å²) in [4.78, 5) is 13.7. The number of anilines is 1. The van der Waals surface area contributed by atoms with Gasteiger partial charge < -0.3 is 9.64 Å². The van der Waals surface area contributed by atoms with E-state index in [0.717, 1.165) is 17.1 Å². The lowest BCUT2D eigenvalue weighted by atomic mass is 10.2. The molecule has 0 spiro atoms. The first-order valence-corrected chi connectivity index (χ1v) is 9.53. The molecule has 0 radical (unpaired) electrons. The molecule has 0 N–H and O–H groups in total. The molecule has 0 aliphatic heterocycles. The topological polar surface area (TPSA) is 79.0 Å². The van der Waals surface area contributed by atoms with Crippen LogP contribution in [-0.4, -0.2) is 26.7 Å². The van der Waals surface area contributed by atoms with Crippen LogP contribution in [0.5, 0.6) is 0 Å². The van der Waals surface area contributed by atoms with E-state index in [1.165, 1.54) is 0 Å². The monoisotopic (exact) mass is 401 g/mol. The lowest BCUT2D eigenvalue weighted by molar-refractivity contribution is 0.0526. The molecular weight excluding hydrogens is 378 g/mol. The van der Waals surface area contributed by atoms with Gasteiger partial charge in [0.15, 0.2) is 0 Å². The maximum absolute atomic E-state index is 11.7. The van der Waals surface area contributed by atoms with Gasteiger partial charge in [0, 0.05) is 19.8 Å². The van der Waals surface area contributed by atoms with Gasteiger partial charge in [-0.05, 0) is 79.7 Å². The summed E-state index contributed by atoms with van der Waals surface area (Å²) >= 11 is 0. The first kappa shape index (κ1) is 20.9. The minimum Gasteiger partial charge on any atom is -0.462 e. The van der Waals surface area contributed by atoms with Gasteiger partial charge >= 0.3 is 5.97 Å². The van der Waals surface area contributed by atoms with E-state index in [9.17, 15) is 4.79 Å². The maximum atomic E-state index is 11.7. The molecule has 0 atom stereocenters. The van der Waals surface area contributed by atoms with Crippen molar-refractivity contribution in [2.24, 2.45) is 20.5 Å². The molecule has 0 aromatic heterocycles. The van der Waals surface area contributed by atoms with E-state index in [0.29, 0.717) is 23.5 Å². The van der Waals surface area contributed by atoms with Crippen molar-refractivity contribution in [3.63, 3.8) is 0 Å². The molecule has 0 amide bonds. The van der Waals surface area contributed by atoms with E-state index < -0.39 is 0 Å². The number of esters is 1. The van der Waals surface area contributed by atoms with Crippen LogP contribution in [0.4, 0.5) is 28.4 Å². The zero-order valence-electron chi connectivity index (χ0n) is 17.2. The zero-order chi connectivity index (χ0) is 21.3. The second-order valence-electron chi connectivity index (χ2n) is 6.59. The molecule has 3 aromatic rings. The second-order valence-corrected chi connectivity index (χ2v) is 6.59. The lowest BCUT2D eigenvalue weighted by Gasteiger charge is -2.11. The molecule has 0 bridgehead atoms. The van der Waals surface area contributed by atoms with Gasteiger partial charge in [0.1, 0.15) is 0 Å². The van der Waals surface area contributed by atoms with Crippen LogP contribution in [0.1, 0.15) is 17.3 Å². The van der Waals surface area contributed by atoms with Crippen molar-refractivity contribution in [1.82, 2.24) is 0 Å². The summed E-state index contributed by atoms with van der Waals surface area (Å²) in [6.45, 7) is 2.12. The number of nitrogens with zero attached hydrogens (tertiary/aromatic N) is 5. The van der Waals surface area contributed by atoms with Crippen molar-refractivity contribution < 1.29 is 9.53 Å². The summed E-state index contributed by atoms with van der Waals surface area (Å²) < 4.78 is 4.96. The van der Waals surface area contributed by atoms with Crippen molar-refractivity contribution in [3.05, 3.63) is 78.4 Å². The van der Waals surface area contributed by atoms with Crippen molar-refractivity contribution >= 4 is 34.4 Å². The van der Waals surface area contributed by atoms with Crippen LogP contribution in [0.25, 0.3) is 0 Å². The number of benzene rings is 3. The minimum atomic E-state index is -0.348. The van der Waals surface area contributed by atoms with Gasteiger partial charge in [-0.25, -0.2) is 4.79 Å². The molecule has 0 saturated heterocycles. The molecule has 30 heavy (non-hydrogen) atoms. The van der Waals surface area contributed by atoms with E-state index >= 15 is 0 Å². The summed E-state index contributed by atoms with van der Waals surface area (Å²) in [5.41, 5.74) is 4.45. The number of hydrogen-bond donors (Lipinski definition) is 0. The molecule has 7 heteroatoms. The van der Waals surface area contributed by atoms with Crippen LogP contribution >= 0.6 is 0 Å². The Bertz CT molecular complexity index is 1020. The summed E-state index contributed by atoms with van der Waals surface area (Å²) in [7, 11) is 3.99. The Kier molecular flexibility index (Phi) is 7.00. The summed E-state index contributed by atoms with van der Waals surface area (Å²) in [6, 6.07) is 21.9. The van der Waals surface area contributed by atoms with E-state index in [1.807, 2.05) is 67.5 Å². The Morgan fingerprint density at radius 2 is 1.07 bits per heavy atom. The van der Waals surface area contributed by atoms with E-state index in [2.05, 4.69) is 20.5 Å². The number of rotatable bonds is 7. The quantitative estimate of drug-likeness (QED) is 0.324. The van der Waals surface area contributed by atoms with Crippen LogP contribution in [0.2, 0.25) is 0 Å². The predicted molar refractivity (Wildman–Crippen MR) is 118 cm³/mol. The highest BCUT2D eigenvalue weighted by atomic mass is 16.5. The molecule has 7 nitrogen and oxygen atoms in total. The Morgan fingerprint density at radius 1 is 0.700 bits per heavy atom. The Balaban J connectivity index is 1.60. The van der Waals surface area contributed by atoms with Crippen molar-refractivity contribution in [2.45, 2.75) is 6.92 Å². The first-order valence-electron chi connectivity index (χ1n) is 9.53. The van der Waals surface area contributed by atoms with Crippen LogP contribution in [-0.2, 0) is 4.74 Å². The molecule has 0 saturated carbocycles. The molecule has 3 aromatic carbocycles. The average Bonchev–Trinajstić information content (AvgIpc) is 2.78. The molecule has 0 aliphatic carbocycles. The molecule has 0 unspecified atom stereocenters. The van der Waals surface area contributed by atoms with Crippen LogP contribution < -0.4 is 4.90 Å². The number of carbonyl (C=O) groups is 1. The Hall–Kier alpha value is -3.87. The highest BCUT2D eigenvalue weighted by Crippen LogP contribution is 2.24. The fourth-order valence-corrected chi connectivity index (χ4v) is 2.51.